The predicted molar refractivity (Wildman–Crippen MR) is 67.4 cm³/mol. The lowest BCUT2D eigenvalue weighted by atomic mass is 10.1. The molecule has 0 bridgehead atoms. The summed E-state index contributed by atoms with van der Waals surface area (Å²) in [4.78, 5) is 25.2. The molecule has 0 spiro atoms. The molecule has 1 heterocycles. The molecule has 0 aromatic heterocycles. The van der Waals surface area contributed by atoms with Gasteiger partial charge in [-0.15, -0.1) is 0 Å². The molecule has 0 radical (unpaired) electrons. The van der Waals surface area contributed by atoms with Crippen LogP contribution in [0.15, 0.2) is 24.3 Å². The number of rotatable bonds is 3. The fraction of sp³-hybridized carbons (Fsp3) is 0.385. The number of carbonyl (C=O) groups excluding carboxylic acids is 2. The average molecular weight is 248 g/mol. The van der Waals surface area contributed by atoms with E-state index in [1.54, 1.807) is 36.2 Å². The predicted octanol–water partition coefficient (Wildman–Crippen LogP) is 0.391. The number of anilines is 1. The zero-order chi connectivity index (χ0) is 13.1. The van der Waals surface area contributed by atoms with Crippen molar-refractivity contribution in [2.24, 2.45) is 5.92 Å². The van der Waals surface area contributed by atoms with Crippen molar-refractivity contribution in [3.8, 4) is 0 Å². The Bertz CT molecular complexity index is 473. The van der Waals surface area contributed by atoms with E-state index < -0.39 is 0 Å². The van der Waals surface area contributed by atoms with Gasteiger partial charge in [-0.2, -0.15) is 0 Å². The van der Waals surface area contributed by atoms with Gasteiger partial charge in [-0.05, 0) is 12.1 Å². The first-order valence-corrected chi connectivity index (χ1v) is 5.89. The van der Waals surface area contributed by atoms with Crippen molar-refractivity contribution in [2.75, 3.05) is 25.1 Å². The average Bonchev–Trinajstić information content (AvgIpc) is 2.79. The zero-order valence-corrected chi connectivity index (χ0v) is 10.2. The van der Waals surface area contributed by atoms with Crippen molar-refractivity contribution in [1.82, 2.24) is 5.32 Å². The highest BCUT2D eigenvalue weighted by Gasteiger charge is 2.31. The fourth-order valence-electron chi connectivity index (χ4n) is 2.17. The van der Waals surface area contributed by atoms with Crippen LogP contribution in [-0.4, -0.2) is 37.1 Å². The van der Waals surface area contributed by atoms with Gasteiger partial charge in [0, 0.05) is 32.5 Å². The standard InChI is InChI=1S/C13H16N2O3/c1-14-13(18)10-4-2-3-5-11(10)15-7-9(8-16)6-12(15)17/h2-5,9,16H,6-8H2,1H3,(H,14,18). The number of para-hydroxylation sites is 1. The summed E-state index contributed by atoms with van der Waals surface area (Å²) in [6.07, 6.45) is 0.332. The van der Waals surface area contributed by atoms with Gasteiger partial charge in [0.05, 0.1) is 11.3 Å². The van der Waals surface area contributed by atoms with Crippen molar-refractivity contribution >= 4 is 17.5 Å². The minimum absolute atomic E-state index is 0.00954. The van der Waals surface area contributed by atoms with Crippen LogP contribution in [0.1, 0.15) is 16.8 Å². The normalized spacial score (nSPS) is 19.1. The second-order valence-electron chi connectivity index (χ2n) is 4.35. The van der Waals surface area contributed by atoms with Crippen LogP contribution in [-0.2, 0) is 4.79 Å². The fourth-order valence-corrected chi connectivity index (χ4v) is 2.17. The molecule has 18 heavy (non-hydrogen) atoms. The van der Waals surface area contributed by atoms with Crippen LogP contribution in [0.3, 0.4) is 0 Å². The molecule has 2 N–H and O–H groups in total. The van der Waals surface area contributed by atoms with Crippen LogP contribution in [0.25, 0.3) is 0 Å². The molecule has 1 atom stereocenters. The smallest absolute Gasteiger partial charge is 0.253 e. The topological polar surface area (TPSA) is 69.6 Å². The third-order valence-electron chi connectivity index (χ3n) is 3.13. The van der Waals surface area contributed by atoms with Gasteiger partial charge in [0.1, 0.15) is 0 Å². The monoisotopic (exact) mass is 248 g/mol. The summed E-state index contributed by atoms with van der Waals surface area (Å²) in [5.41, 5.74) is 1.09. The molecule has 5 nitrogen and oxygen atoms in total. The Morgan fingerprint density at radius 2 is 2.22 bits per heavy atom. The minimum Gasteiger partial charge on any atom is -0.396 e. The number of nitrogens with one attached hydrogen (secondary N) is 1. The van der Waals surface area contributed by atoms with Crippen molar-refractivity contribution in [1.29, 1.82) is 0 Å². The zero-order valence-electron chi connectivity index (χ0n) is 10.2. The van der Waals surface area contributed by atoms with Gasteiger partial charge in [0.15, 0.2) is 0 Å². The van der Waals surface area contributed by atoms with E-state index in [-0.39, 0.29) is 24.3 Å². The molecule has 1 aliphatic heterocycles. The molecule has 2 rings (SSSR count). The first kappa shape index (κ1) is 12.6. The van der Waals surface area contributed by atoms with Crippen LogP contribution in [0, 0.1) is 5.92 Å². The Labute approximate surface area is 105 Å². The molecule has 0 saturated carbocycles. The molecule has 0 aliphatic carbocycles. The van der Waals surface area contributed by atoms with E-state index in [9.17, 15) is 9.59 Å². The summed E-state index contributed by atoms with van der Waals surface area (Å²) >= 11 is 0. The van der Waals surface area contributed by atoms with E-state index >= 15 is 0 Å². The highest BCUT2D eigenvalue weighted by atomic mass is 16.3. The molecular weight excluding hydrogens is 232 g/mol. The van der Waals surface area contributed by atoms with E-state index in [4.69, 9.17) is 5.11 Å². The maximum Gasteiger partial charge on any atom is 0.253 e. The van der Waals surface area contributed by atoms with E-state index in [2.05, 4.69) is 5.32 Å². The van der Waals surface area contributed by atoms with Crippen LogP contribution in [0.5, 0.6) is 0 Å². The summed E-state index contributed by atoms with van der Waals surface area (Å²) in [5, 5.41) is 11.7. The first-order chi connectivity index (χ1) is 8.67. The Kier molecular flexibility index (Phi) is 3.62. The highest BCUT2D eigenvalue weighted by Crippen LogP contribution is 2.27. The molecule has 1 aromatic rings. The molecular formula is C13H16N2O3. The number of aliphatic hydroxyl groups is 1. The summed E-state index contributed by atoms with van der Waals surface area (Å²) in [7, 11) is 1.56. The second-order valence-corrected chi connectivity index (χ2v) is 4.35. The van der Waals surface area contributed by atoms with Crippen LogP contribution in [0.4, 0.5) is 5.69 Å². The lowest BCUT2D eigenvalue weighted by Crippen LogP contribution is -2.29. The van der Waals surface area contributed by atoms with Gasteiger partial charge in [0.25, 0.3) is 5.91 Å². The molecule has 1 aliphatic rings. The van der Waals surface area contributed by atoms with Gasteiger partial charge >= 0.3 is 0 Å². The third kappa shape index (κ3) is 2.22. The lowest BCUT2D eigenvalue weighted by Gasteiger charge is -2.19. The molecule has 1 unspecified atom stereocenters. The van der Waals surface area contributed by atoms with E-state index in [1.165, 1.54) is 0 Å². The number of amides is 2. The highest BCUT2D eigenvalue weighted by molar-refractivity contribution is 6.05. The minimum atomic E-state index is -0.217. The second kappa shape index (κ2) is 5.18. The van der Waals surface area contributed by atoms with Gasteiger partial charge in [0.2, 0.25) is 5.91 Å². The first-order valence-electron chi connectivity index (χ1n) is 5.89. The maximum atomic E-state index is 11.9. The third-order valence-corrected chi connectivity index (χ3v) is 3.13. The number of aliphatic hydroxyl groups excluding tert-OH is 1. The Hall–Kier alpha value is -1.88. The van der Waals surface area contributed by atoms with Gasteiger partial charge in [-0.1, -0.05) is 12.1 Å². The van der Waals surface area contributed by atoms with Crippen molar-refractivity contribution < 1.29 is 14.7 Å². The number of hydrogen-bond donors (Lipinski definition) is 2. The van der Waals surface area contributed by atoms with E-state index in [1.807, 2.05) is 0 Å². The van der Waals surface area contributed by atoms with Crippen molar-refractivity contribution in [2.45, 2.75) is 6.42 Å². The quantitative estimate of drug-likeness (QED) is 0.813. The number of hydrogen-bond acceptors (Lipinski definition) is 3. The summed E-state index contributed by atoms with van der Waals surface area (Å²) in [6.45, 7) is 0.452. The van der Waals surface area contributed by atoms with Crippen molar-refractivity contribution in [3.63, 3.8) is 0 Å². The maximum absolute atomic E-state index is 11.9. The summed E-state index contributed by atoms with van der Waals surface area (Å²) < 4.78 is 0. The lowest BCUT2D eigenvalue weighted by molar-refractivity contribution is -0.117. The van der Waals surface area contributed by atoms with Gasteiger partial charge < -0.3 is 15.3 Å². The summed E-state index contributed by atoms with van der Waals surface area (Å²) in [6, 6.07) is 7.00. The molecule has 96 valence electrons. The molecule has 2 amide bonds. The van der Waals surface area contributed by atoms with Gasteiger partial charge in [-0.25, -0.2) is 0 Å². The van der Waals surface area contributed by atoms with E-state index in [0.717, 1.165) is 0 Å². The van der Waals surface area contributed by atoms with Crippen LogP contribution < -0.4 is 10.2 Å². The van der Waals surface area contributed by atoms with Gasteiger partial charge in [-0.3, -0.25) is 9.59 Å². The Balaban J connectivity index is 2.34. The Morgan fingerprint density at radius 3 is 2.83 bits per heavy atom. The number of carbonyl (C=O) groups is 2. The molecule has 1 aromatic carbocycles. The van der Waals surface area contributed by atoms with Crippen LogP contribution in [0.2, 0.25) is 0 Å². The number of nitrogens with zero attached hydrogens (tertiary/aromatic N) is 1. The molecule has 1 saturated heterocycles. The van der Waals surface area contributed by atoms with Crippen LogP contribution >= 0.6 is 0 Å². The van der Waals surface area contributed by atoms with E-state index in [0.29, 0.717) is 24.2 Å². The summed E-state index contributed by atoms with van der Waals surface area (Å²) in [5.74, 6) is -0.313. The SMILES string of the molecule is CNC(=O)c1ccccc1N1CC(CO)CC1=O. The Morgan fingerprint density at radius 1 is 1.50 bits per heavy atom. The van der Waals surface area contributed by atoms with Crippen molar-refractivity contribution in [3.05, 3.63) is 29.8 Å². The number of benzene rings is 1. The largest absolute Gasteiger partial charge is 0.396 e. The molecule has 1 fully saturated rings. The molecule has 5 heteroatoms.